The molecule has 0 fully saturated rings. The molecule has 0 bridgehead atoms. The van der Waals surface area contributed by atoms with Crippen LogP contribution in [0.1, 0.15) is 46.9 Å². The van der Waals surface area contributed by atoms with Gasteiger partial charge < -0.3 is 16.2 Å². The van der Waals surface area contributed by atoms with Gasteiger partial charge in [-0.3, -0.25) is 19.3 Å². The number of hydrogen-bond acceptors (Lipinski definition) is 6. The number of halogens is 1. The average Bonchev–Trinajstić information content (AvgIpc) is 2.92. The van der Waals surface area contributed by atoms with E-state index in [1.807, 2.05) is 6.92 Å². The van der Waals surface area contributed by atoms with Gasteiger partial charge in [-0.05, 0) is 42.9 Å². The summed E-state index contributed by atoms with van der Waals surface area (Å²) in [5.74, 6) is 0.756. The van der Waals surface area contributed by atoms with Crippen molar-refractivity contribution in [1.82, 2.24) is 10.2 Å². The fourth-order valence-corrected chi connectivity index (χ4v) is 3.60. The van der Waals surface area contributed by atoms with E-state index < -0.39 is 18.1 Å². The first-order valence-electron chi connectivity index (χ1n) is 9.21. The summed E-state index contributed by atoms with van der Waals surface area (Å²) >= 11 is 1.72. The first kappa shape index (κ1) is 24.4. The number of thioether (sulfide) groups is 1. The van der Waals surface area contributed by atoms with Crippen LogP contribution in [0, 0.1) is 0 Å². The van der Waals surface area contributed by atoms with Crippen molar-refractivity contribution in [2.45, 2.75) is 38.3 Å². The molecule has 3 amide bonds. The highest BCUT2D eigenvalue weighted by molar-refractivity contribution is 7.99. The predicted molar refractivity (Wildman–Crippen MR) is 113 cm³/mol. The number of hydrogen-bond donors (Lipinski definition) is 3. The average molecular weight is 430 g/mol. The molecule has 0 radical (unpaired) electrons. The number of nitrogens with one attached hydrogen (secondary N) is 1. The Balaban J connectivity index is 0.00000392. The Hall–Kier alpha value is -1.61. The largest absolute Gasteiger partial charge is 0.382 e. The molecular weight excluding hydrogens is 402 g/mol. The quantitative estimate of drug-likeness (QED) is 0.362. The highest BCUT2D eigenvalue weighted by Gasteiger charge is 2.34. The molecule has 7 nitrogen and oxygen atoms in total. The van der Waals surface area contributed by atoms with Crippen LogP contribution in [0.2, 0.25) is 0 Å². The van der Waals surface area contributed by atoms with Crippen LogP contribution in [-0.4, -0.2) is 64.5 Å². The number of amides is 3. The van der Waals surface area contributed by atoms with Gasteiger partial charge in [-0.15, -0.1) is 12.4 Å². The van der Waals surface area contributed by atoms with Crippen LogP contribution in [0.25, 0.3) is 0 Å². The van der Waals surface area contributed by atoms with E-state index in [1.54, 1.807) is 36.0 Å². The first-order valence-corrected chi connectivity index (χ1v) is 10.4. The maximum atomic E-state index is 12.2. The highest BCUT2D eigenvalue weighted by atomic mass is 35.5. The molecule has 0 aromatic heterocycles. The second kappa shape index (κ2) is 12.1. The number of carbonyl (C=O) groups is 3. The standard InChI is InChI=1S/C19H27N3O4S.ClH/c1-2-27-12-9-15(20)16(23)17(24)21-10-5-6-11-22-18(25)13-7-3-4-8-14(13)19(22)26;/h3-4,7-8,15-16,23H,2,5-6,9-12,20H2,1H3,(H,21,24);1H/t15-,16?;/m1./s1. The van der Waals surface area contributed by atoms with Crippen molar-refractivity contribution in [2.75, 3.05) is 24.6 Å². The molecule has 1 unspecified atom stereocenters. The maximum Gasteiger partial charge on any atom is 0.261 e. The third kappa shape index (κ3) is 6.20. The van der Waals surface area contributed by atoms with Crippen LogP contribution in [-0.2, 0) is 4.79 Å². The smallest absolute Gasteiger partial charge is 0.261 e. The van der Waals surface area contributed by atoms with Crippen LogP contribution in [0.15, 0.2) is 24.3 Å². The number of nitrogens with zero attached hydrogens (tertiary/aromatic N) is 1. The summed E-state index contributed by atoms with van der Waals surface area (Å²) in [7, 11) is 0. The molecular formula is C19H28ClN3O4S. The second-order valence-corrected chi connectivity index (χ2v) is 7.79. The van der Waals surface area contributed by atoms with Crippen LogP contribution in [0.5, 0.6) is 0 Å². The minimum absolute atomic E-state index is 0. The van der Waals surface area contributed by atoms with Crippen molar-refractivity contribution in [1.29, 1.82) is 0 Å². The van der Waals surface area contributed by atoms with Crippen LogP contribution in [0.3, 0.4) is 0 Å². The number of benzene rings is 1. The molecule has 0 aliphatic carbocycles. The Bertz CT molecular complexity index is 654. The zero-order valence-electron chi connectivity index (χ0n) is 15.9. The second-order valence-electron chi connectivity index (χ2n) is 6.40. The van der Waals surface area contributed by atoms with Crippen LogP contribution < -0.4 is 11.1 Å². The summed E-state index contributed by atoms with van der Waals surface area (Å²) in [6.45, 7) is 2.70. The maximum absolute atomic E-state index is 12.2. The van der Waals surface area contributed by atoms with E-state index in [0.29, 0.717) is 43.5 Å². The van der Waals surface area contributed by atoms with E-state index >= 15 is 0 Å². The lowest BCUT2D eigenvalue weighted by atomic mass is 10.1. The molecule has 0 spiro atoms. The number of aliphatic hydroxyl groups excluding tert-OH is 1. The van der Waals surface area contributed by atoms with Gasteiger partial charge in [0.25, 0.3) is 11.8 Å². The van der Waals surface area contributed by atoms with Crippen LogP contribution >= 0.6 is 24.2 Å². The minimum Gasteiger partial charge on any atom is -0.382 e. The molecule has 28 heavy (non-hydrogen) atoms. The van der Waals surface area contributed by atoms with Crippen molar-refractivity contribution in [3.8, 4) is 0 Å². The zero-order chi connectivity index (χ0) is 19.8. The van der Waals surface area contributed by atoms with E-state index in [0.717, 1.165) is 11.5 Å². The highest BCUT2D eigenvalue weighted by Crippen LogP contribution is 2.22. The monoisotopic (exact) mass is 429 g/mol. The van der Waals surface area contributed by atoms with Gasteiger partial charge in [-0.1, -0.05) is 19.1 Å². The van der Waals surface area contributed by atoms with E-state index in [1.165, 1.54) is 4.90 Å². The van der Waals surface area contributed by atoms with Gasteiger partial charge in [-0.25, -0.2) is 0 Å². The van der Waals surface area contributed by atoms with Crippen molar-refractivity contribution in [2.24, 2.45) is 5.73 Å². The summed E-state index contributed by atoms with van der Waals surface area (Å²) in [6, 6.07) is 6.20. The number of unbranched alkanes of at least 4 members (excludes halogenated alkanes) is 1. The molecule has 1 aliphatic rings. The summed E-state index contributed by atoms with van der Waals surface area (Å²) in [5, 5.41) is 12.6. The number of aliphatic hydroxyl groups is 1. The lowest BCUT2D eigenvalue weighted by molar-refractivity contribution is -0.130. The third-order valence-corrected chi connectivity index (χ3v) is 5.39. The zero-order valence-corrected chi connectivity index (χ0v) is 17.6. The molecule has 1 aliphatic heterocycles. The number of rotatable bonds is 11. The molecule has 2 atom stereocenters. The number of nitrogens with two attached hydrogens (primary N) is 1. The van der Waals surface area contributed by atoms with E-state index in [9.17, 15) is 19.5 Å². The van der Waals surface area contributed by atoms with Gasteiger partial charge in [0.2, 0.25) is 5.91 Å². The first-order chi connectivity index (χ1) is 13.0. The van der Waals surface area contributed by atoms with Gasteiger partial charge in [0.05, 0.1) is 11.1 Å². The van der Waals surface area contributed by atoms with Gasteiger partial charge in [0, 0.05) is 19.1 Å². The number of carbonyl (C=O) groups excluding carboxylic acids is 3. The topological polar surface area (TPSA) is 113 Å². The molecule has 9 heteroatoms. The van der Waals surface area contributed by atoms with Gasteiger partial charge in [-0.2, -0.15) is 11.8 Å². The summed E-state index contributed by atoms with van der Waals surface area (Å²) < 4.78 is 0. The Kier molecular flexibility index (Phi) is 10.5. The molecule has 1 heterocycles. The lowest BCUT2D eigenvalue weighted by Crippen LogP contribution is -2.46. The predicted octanol–water partition coefficient (Wildman–Crippen LogP) is 1.43. The molecule has 4 N–H and O–H groups in total. The van der Waals surface area contributed by atoms with Gasteiger partial charge >= 0.3 is 0 Å². The Morgan fingerprint density at radius 2 is 1.82 bits per heavy atom. The SMILES string of the molecule is CCSCC[C@@H](N)C(O)C(=O)NCCCCN1C(=O)c2ccccc2C1=O.Cl. The Morgan fingerprint density at radius 3 is 2.39 bits per heavy atom. The number of fused-ring (bicyclic) bond motifs is 1. The molecule has 1 aromatic carbocycles. The van der Waals surface area contributed by atoms with E-state index in [-0.39, 0.29) is 24.2 Å². The van der Waals surface area contributed by atoms with Crippen molar-refractivity contribution in [3.63, 3.8) is 0 Å². The molecule has 2 rings (SSSR count). The molecule has 0 saturated carbocycles. The summed E-state index contributed by atoms with van der Waals surface area (Å²) in [6.07, 6.45) is 0.513. The van der Waals surface area contributed by atoms with Gasteiger partial charge in [0.15, 0.2) is 0 Å². The fraction of sp³-hybridized carbons (Fsp3) is 0.526. The lowest BCUT2D eigenvalue weighted by Gasteiger charge is -2.18. The molecule has 1 aromatic rings. The van der Waals surface area contributed by atoms with Gasteiger partial charge in [0.1, 0.15) is 6.10 Å². The van der Waals surface area contributed by atoms with E-state index in [4.69, 9.17) is 5.73 Å². The summed E-state index contributed by atoms with van der Waals surface area (Å²) in [4.78, 5) is 37.6. The Labute approximate surface area is 175 Å². The van der Waals surface area contributed by atoms with Crippen molar-refractivity contribution >= 4 is 41.9 Å². The third-order valence-electron chi connectivity index (χ3n) is 4.46. The number of imide groups is 1. The summed E-state index contributed by atoms with van der Waals surface area (Å²) in [5.41, 5.74) is 6.72. The molecule has 0 saturated heterocycles. The van der Waals surface area contributed by atoms with E-state index in [2.05, 4.69) is 5.32 Å². The normalized spacial score (nSPS) is 15.0. The molecule has 156 valence electrons. The van der Waals surface area contributed by atoms with Crippen molar-refractivity contribution < 1.29 is 19.5 Å². The van der Waals surface area contributed by atoms with Crippen molar-refractivity contribution in [3.05, 3.63) is 35.4 Å². The minimum atomic E-state index is -1.22. The Morgan fingerprint density at radius 1 is 1.21 bits per heavy atom. The van der Waals surface area contributed by atoms with Crippen LogP contribution in [0.4, 0.5) is 0 Å². The fourth-order valence-electron chi connectivity index (χ4n) is 2.87.